The number of carbonyl (C=O) groups excluding carboxylic acids is 2. The van der Waals surface area contributed by atoms with E-state index in [4.69, 9.17) is 11.6 Å². The second kappa shape index (κ2) is 10.8. The fourth-order valence-corrected chi connectivity index (χ4v) is 2.70. The summed E-state index contributed by atoms with van der Waals surface area (Å²) in [7, 11) is 0. The molecule has 6 heteroatoms. The van der Waals surface area contributed by atoms with E-state index in [2.05, 4.69) is 17.2 Å². The summed E-state index contributed by atoms with van der Waals surface area (Å²) in [6, 6.07) is 5.72. The highest BCUT2D eigenvalue weighted by Gasteiger charge is 2.23. The van der Waals surface area contributed by atoms with Gasteiger partial charge in [-0.05, 0) is 49.6 Å². The van der Waals surface area contributed by atoms with E-state index in [0.717, 1.165) is 24.1 Å². The number of hydrogen-bond donors (Lipinski definition) is 2. The van der Waals surface area contributed by atoms with Crippen LogP contribution in [0.3, 0.4) is 0 Å². The first-order chi connectivity index (χ1) is 12.0. The molecule has 0 bridgehead atoms. The smallest absolute Gasteiger partial charge is 0.243 e. The minimum atomic E-state index is -0.158. The summed E-state index contributed by atoms with van der Waals surface area (Å²) in [4.78, 5) is 25.3. The number of anilines is 1. The Morgan fingerprint density at radius 2 is 1.96 bits per heavy atom. The van der Waals surface area contributed by atoms with Crippen LogP contribution in [0.1, 0.15) is 32.3 Å². The van der Waals surface area contributed by atoms with Gasteiger partial charge < -0.3 is 15.5 Å². The molecule has 0 aromatic heterocycles. The van der Waals surface area contributed by atoms with Crippen LogP contribution in [-0.4, -0.2) is 42.4 Å². The Labute approximate surface area is 155 Å². The Morgan fingerprint density at radius 3 is 2.52 bits per heavy atom. The summed E-state index contributed by atoms with van der Waals surface area (Å²) < 4.78 is 0. The van der Waals surface area contributed by atoms with Crippen LogP contribution in [0.25, 0.3) is 0 Å². The Balaban J connectivity index is 0.00000151. The van der Waals surface area contributed by atoms with Gasteiger partial charge in [-0.15, -0.1) is 0 Å². The minimum absolute atomic E-state index is 0.0612. The molecule has 0 saturated carbocycles. The van der Waals surface area contributed by atoms with E-state index in [9.17, 15) is 9.59 Å². The highest BCUT2D eigenvalue weighted by atomic mass is 35.5. The van der Waals surface area contributed by atoms with Gasteiger partial charge in [0.1, 0.15) is 0 Å². The maximum Gasteiger partial charge on any atom is 0.243 e. The fraction of sp³-hybridized carbons (Fsp3) is 0.474. The Bertz CT molecular complexity index is 596. The third-order valence-electron chi connectivity index (χ3n) is 3.98. The van der Waals surface area contributed by atoms with Gasteiger partial charge in [0.2, 0.25) is 11.8 Å². The molecular formula is C19H28ClN3O2. The number of halogens is 1. The van der Waals surface area contributed by atoms with Crippen molar-refractivity contribution < 1.29 is 9.59 Å². The number of aryl methyl sites for hydroxylation is 1. The lowest BCUT2D eigenvalue weighted by Crippen LogP contribution is -2.47. The van der Waals surface area contributed by atoms with Crippen molar-refractivity contribution in [3.8, 4) is 0 Å². The van der Waals surface area contributed by atoms with Gasteiger partial charge in [0.05, 0.1) is 6.54 Å². The molecule has 1 aliphatic rings. The molecule has 0 unspecified atom stereocenters. The summed E-state index contributed by atoms with van der Waals surface area (Å²) in [5.74, 6) is -0.0966. The van der Waals surface area contributed by atoms with Crippen molar-refractivity contribution in [2.75, 3.05) is 25.0 Å². The van der Waals surface area contributed by atoms with Crippen LogP contribution in [-0.2, 0) is 9.59 Å². The maximum atomic E-state index is 12.2. The van der Waals surface area contributed by atoms with Crippen molar-refractivity contribution in [2.24, 2.45) is 0 Å². The van der Waals surface area contributed by atoms with Crippen LogP contribution in [0.4, 0.5) is 5.69 Å². The van der Waals surface area contributed by atoms with Crippen molar-refractivity contribution in [2.45, 2.75) is 39.7 Å². The summed E-state index contributed by atoms with van der Waals surface area (Å²) in [5, 5.41) is 6.72. The molecule has 1 saturated heterocycles. The molecular weight excluding hydrogens is 338 g/mol. The predicted octanol–water partition coefficient (Wildman–Crippen LogP) is 3.38. The Hall–Kier alpha value is -2.01. The molecule has 1 aromatic rings. The molecule has 0 atom stereocenters. The molecule has 1 aromatic carbocycles. The van der Waals surface area contributed by atoms with Gasteiger partial charge in [-0.25, -0.2) is 0 Å². The largest absolute Gasteiger partial charge is 0.376 e. The standard InChI is InChI=1S/C17H22ClN3O2.C2H6/c1-3-16(22)20-13-6-8-21(9-7-13)17(23)11-19-14-4-5-15(18)12(2)10-14;1-2/h3-5,10,13,19H,1,6-9,11H2,2H3,(H,20,22);1-2H3. The lowest BCUT2D eigenvalue weighted by atomic mass is 10.0. The summed E-state index contributed by atoms with van der Waals surface area (Å²) >= 11 is 5.99. The lowest BCUT2D eigenvalue weighted by Gasteiger charge is -2.32. The van der Waals surface area contributed by atoms with Gasteiger partial charge in [0.25, 0.3) is 0 Å². The van der Waals surface area contributed by atoms with Crippen LogP contribution >= 0.6 is 11.6 Å². The normalized spacial score (nSPS) is 14.2. The van der Waals surface area contributed by atoms with E-state index in [1.54, 1.807) is 0 Å². The molecule has 0 radical (unpaired) electrons. The van der Waals surface area contributed by atoms with Gasteiger partial charge in [-0.3, -0.25) is 9.59 Å². The summed E-state index contributed by atoms with van der Waals surface area (Å²) in [6.07, 6.45) is 2.81. The quantitative estimate of drug-likeness (QED) is 0.786. The van der Waals surface area contributed by atoms with Gasteiger partial charge in [-0.2, -0.15) is 0 Å². The highest BCUT2D eigenvalue weighted by Crippen LogP contribution is 2.19. The Morgan fingerprint density at radius 1 is 1.32 bits per heavy atom. The van der Waals surface area contributed by atoms with Crippen molar-refractivity contribution in [1.82, 2.24) is 10.2 Å². The van der Waals surface area contributed by atoms with Crippen molar-refractivity contribution in [3.05, 3.63) is 41.4 Å². The second-order valence-corrected chi connectivity index (χ2v) is 6.09. The van der Waals surface area contributed by atoms with Gasteiger partial charge in [0.15, 0.2) is 0 Å². The summed E-state index contributed by atoms with van der Waals surface area (Å²) in [5.41, 5.74) is 1.86. The molecule has 2 rings (SSSR count). The zero-order chi connectivity index (χ0) is 18.8. The van der Waals surface area contributed by atoms with Crippen LogP contribution in [0, 0.1) is 6.92 Å². The molecule has 0 aliphatic carbocycles. The number of rotatable bonds is 5. The van der Waals surface area contributed by atoms with Crippen molar-refractivity contribution >= 4 is 29.1 Å². The zero-order valence-corrected chi connectivity index (χ0v) is 16.0. The number of likely N-dealkylation sites (tertiary alicyclic amines) is 1. The van der Waals surface area contributed by atoms with Crippen molar-refractivity contribution in [3.63, 3.8) is 0 Å². The van der Waals surface area contributed by atoms with Gasteiger partial charge in [0, 0.05) is 29.8 Å². The van der Waals surface area contributed by atoms with Crippen molar-refractivity contribution in [1.29, 1.82) is 0 Å². The minimum Gasteiger partial charge on any atom is -0.376 e. The summed E-state index contributed by atoms with van der Waals surface area (Å²) in [6.45, 7) is 10.9. The Kier molecular flexibility index (Phi) is 9.06. The van der Waals surface area contributed by atoms with Crippen LogP contribution in [0.2, 0.25) is 5.02 Å². The monoisotopic (exact) mass is 365 g/mol. The van der Waals surface area contributed by atoms with E-state index in [1.807, 2.05) is 43.9 Å². The number of nitrogens with zero attached hydrogens (tertiary/aromatic N) is 1. The third-order valence-corrected chi connectivity index (χ3v) is 4.41. The van der Waals surface area contributed by atoms with Crippen LogP contribution < -0.4 is 10.6 Å². The van der Waals surface area contributed by atoms with E-state index in [1.165, 1.54) is 6.08 Å². The second-order valence-electron chi connectivity index (χ2n) is 5.69. The van der Waals surface area contributed by atoms with Crippen LogP contribution in [0.15, 0.2) is 30.9 Å². The molecule has 25 heavy (non-hydrogen) atoms. The first-order valence-electron chi connectivity index (χ1n) is 8.70. The number of benzene rings is 1. The van der Waals surface area contributed by atoms with Gasteiger partial charge >= 0.3 is 0 Å². The highest BCUT2D eigenvalue weighted by molar-refractivity contribution is 6.31. The average Bonchev–Trinajstić information content (AvgIpc) is 2.64. The third kappa shape index (κ3) is 6.78. The van der Waals surface area contributed by atoms with Gasteiger partial charge in [-0.1, -0.05) is 32.0 Å². The fourth-order valence-electron chi connectivity index (χ4n) is 2.58. The molecule has 1 fully saturated rings. The number of hydrogen-bond acceptors (Lipinski definition) is 3. The molecule has 0 spiro atoms. The number of amides is 2. The first-order valence-corrected chi connectivity index (χ1v) is 9.08. The molecule has 2 amide bonds. The topological polar surface area (TPSA) is 61.4 Å². The molecule has 5 nitrogen and oxygen atoms in total. The number of carbonyl (C=O) groups is 2. The van der Waals surface area contributed by atoms with E-state index in [-0.39, 0.29) is 24.4 Å². The van der Waals surface area contributed by atoms with E-state index >= 15 is 0 Å². The number of piperidine rings is 1. The molecule has 138 valence electrons. The van der Waals surface area contributed by atoms with E-state index in [0.29, 0.717) is 18.1 Å². The molecule has 1 aliphatic heterocycles. The SMILES string of the molecule is C=CC(=O)NC1CCN(C(=O)CNc2ccc(Cl)c(C)c2)CC1.CC. The number of nitrogens with one attached hydrogen (secondary N) is 2. The van der Waals surface area contributed by atoms with Crippen LogP contribution in [0.5, 0.6) is 0 Å². The molecule has 1 heterocycles. The molecule has 2 N–H and O–H groups in total. The van der Waals surface area contributed by atoms with E-state index < -0.39 is 0 Å². The first kappa shape index (κ1) is 21.0. The average molecular weight is 366 g/mol. The maximum absolute atomic E-state index is 12.2. The lowest BCUT2D eigenvalue weighted by molar-refractivity contribution is -0.130. The predicted molar refractivity (Wildman–Crippen MR) is 104 cm³/mol. The zero-order valence-electron chi connectivity index (χ0n) is 15.3.